The zero-order chi connectivity index (χ0) is 18.0. The zero-order valence-corrected chi connectivity index (χ0v) is 15.2. The summed E-state index contributed by atoms with van der Waals surface area (Å²) in [6, 6.07) is 9.17. The SMILES string of the molecule is Cc1sc(-n2cccc2)c(C(C)NC(=O)Nc2ccc(F)cc2)c1C. The van der Waals surface area contributed by atoms with E-state index in [1.807, 2.05) is 31.5 Å². The van der Waals surface area contributed by atoms with Crippen molar-refractivity contribution in [2.75, 3.05) is 5.32 Å². The quantitative estimate of drug-likeness (QED) is 0.664. The lowest BCUT2D eigenvalue weighted by atomic mass is 10.1. The Kier molecular flexibility index (Phi) is 4.90. The van der Waals surface area contributed by atoms with E-state index in [-0.39, 0.29) is 17.9 Å². The van der Waals surface area contributed by atoms with E-state index in [1.54, 1.807) is 11.3 Å². The fourth-order valence-electron chi connectivity index (χ4n) is 2.77. The Balaban J connectivity index is 1.78. The molecule has 0 fully saturated rings. The molecule has 0 spiro atoms. The molecule has 0 bridgehead atoms. The highest BCUT2D eigenvalue weighted by Gasteiger charge is 2.20. The second kappa shape index (κ2) is 7.11. The highest BCUT2D eigenvalue weighted by molar-refractivity contribution is 7.14. The summed E-state index contributed by atoms with van der Waals surface area (Å²) in [6.07, 6.45) is 4.00. The zero-order valence-electron chi connectivity index (χ0n) is 14.3. The van der Waals surface area contributed by atoms with Crippen LogP contribution < -0.4 is 10.6 Å². The first-order chi connectivity index (χ1) is 12.0. The van der Waals surface area contributed by atoms with E-state index in [0.717, 1.165) is 10.6 Å². The molecule has 0 aliphatic heterocycles. The van der Waals surface area contributed by atoms with Gasteiger partial charge < -0.3 is 15.2 Å². The molecule has 1 unspecified atom stereocenters. The number of urea groups is 1. The lowest BCUT2D eigenvalue weighted by Gasteiger charge is -2.17. The molecule has 0 aliphatic carbocycles. The van der Waals surface area contributed by atoms with Crippen LogP contribution in [0.25, 0.3) is 5.00 Å². The van der Waals surface area contributed by atoms with Crippen molar-refractivity contribution in [2.24, 2.45) is 0 Å². The maximum atomic E-state index is 13.0. The summed E-state index contributed by atoms with van der Waals surface area (Å²) in [5, 5.41) is 6.80. The topological polar surface area (TPSA) is 46.1 Å². The minimum absolute atomic E-state index is 0.164. The first-order valence-electron chi connectivity index (χ1n) is 8.02. The summed E-state index contributed by atoms with van der Waals surface area (Å²) < 4.78 is 15.0. The van der Waals surface area contributed by atoms with Gasteiger partial charge in [-0.05, 0) is 62.7 Å². The largest absolute Gasteiger partial charge is 0.331 e. The Labute approximate surface area is 150 Å². The number of carbonyl (C=O) groups excluding carboxylic acids is 1. The normalized spacial score (nSPS) is 12.0. The van der Waals surface area contributed by atoms with Crippen molar-refractivity contribution in [3.05, 3.63) is 70.6 Å². The number of aryl methyl sites for hydroxylation is 1. The third kappa shape index (κ3) is 3.74. The van der Waals surface area contributed by atoms with Gasteiger partial charge >= 0.3 is 6.03 Å². The van der Waals surface area contributed by atoms with Gasteiger partial charge in [-0.1, -0.05) is 0 Å². The summed E-state index contributed by atoms with van der Waals surface area (Å²) in [4.78, 5) is 13.5. The second-order valence-corrected chi connectivity index (χ2v) is 7.12. The van der Waals surface area contributed by atoms with Gasteiger partial charge in [0, 0.05) is 28.5 Å². The van der Waals surface area contributed by atoms with Gasteiger partial charge in [-0.25, -0.2) is 9.18 Å². The van der Waals surface area contributed by atoms with Crippen molar-refractivity contribution in [3.8, 4) is 5.00 Å². The number of anilines is 1. The van der Waals surface area contributed by atoms with E-state index in [2.05, 4.69) is 29.0 Å². The summed E-state index contributed by atoms with van der Waals surface area (Å²) in [5.41, 5.74) is 2.84. The summed E-state index contributed by atoms with van der Waals surface area (Å²) in [7, 11) is 0. The molecule has 25 heavy (non-hydrogen) atoms. The minimum Gasteiger partial charge on any atom is -0.331 e. The molecule has 0 radical (unpaired) electrons. The predicted octanol–water partition coefficient (Wildman–Crippen LogP) is 5.18. The number of amides is 2. The number of nitrogens with zero attached hydrogens (tertiary/aromatic N) is 1. The van der Waals surface area contributed by atoms with Gasteiger partial charge in [-0.15, -0.1) is 11.3 Å². The van der Waals surface area contributed by atoms with Crippen LogP contribution in [0.1, 0.15) is 29.0 Å². The number of carbonyl (C=O) groups is 1. The molecule has 2 amide bonds. The summed E-state index contributed by atoms with van der Waals surface area (Å²) in [6.45, 7) is 6.12. The van der Waals surface area contributed by atoms with E-state index in [4.69, 9.17) is 0 Å². The van der Waals surface area contributed by atoms with E-state index in [1.165, 1.54) is 34.7 Å². The Morgan fingerprint density at radius 1 is 1.16 bits per heavy atom. The number of benzene rings is 1. The van der Waals surface area contributed by atoms with Crippen LogP contribution in [0.4, 0.5) is 14.9 Å². The van der Waals surface area contributed by atoms with Crippen LogP contribution in [-0.2, 0) is 0 Å². The van der Waals surface area contributed by atoms with Crippen molar-refractivity contribution in [1.29, 1.82) is 0 Å². The molecule has 2 heterocycles. The molecule has 1 aromatic carbocycles. The second-order valence-electron chi connectivity index (χ2n) is 5.92. The fourth-order valence-corrected chi connectivity index (χ4v) is 3.99. The average molecular weight is 357 g/mol. The van der Waals surface area contributed by atoms with Gasteiger partial charge in [0.1, 0.15) is 10.8 Å². The van der Waals surface area contributed by atoms with Gasteiger partial charge in [0.2, 0.25) is 0 Å². The van der Waals surface area contributed by atoms with Gasteiger partial charge in [-0.2, -0.15) is 0 Å². The standard InChI is InChI=1S/C19H20FN3OS/c1-12-14(3)25-18(23-10-4-5-11-23)17(12)13(2)21-19(24)22-16-8-6-15(20)7-9-16/h4-11,13H,1-3H3,(H2,21,22,24). The molecule has 6 heteroatoms. The number of aromatic nitrogens is 1. The molecular weight excluding hydrogens is 337 g/mol. The molecule has 0 saturated carbocycles. The van der Waals surface area contributed by atoms with Crippen LogP contribution >= 0.6 is 11.3 Å². The third-order valence-electron chi connectivity index (χ3n) is 4.13. The van der Waals surface area contributed by atoms with Crippen molar-refractivity contribution >= 4 is 23.1 Å². The molecular formula is C19H20FN3OS. The third-order valence-corrected chi connectivity index (χ3v) is 5.37. The molecule has 4 nitrogen and oxygen atoms in total. The van der Waals surface area contributed by atoms with Crippen LogP contribution in [-0.4, -0.2) is 10.6 Å². The molecule has 130 valence electrons. The molecule has 0 aliphatic rings. The number of rotatable bonds is 4. The average Bonchev–Trinajstić information content (AvgIpc) is 3.18. The van der Waals surface area contributed by atoms with Crippen LogP contribution in [0.15, 0.2) is 48.8 Å². The highest BCUT2D eigenvalue weighted by atomic mass is 32.1. The van der Waals surface area contributed by atoms with Crippen molar-refractivity contribution in [3.63, 3.8) is 0 Å². The number of thiophene rings is 1. The van der Waals surface area contributed by atoms with E-state index in [0.29, 0.717) is 5.69 Å². The molecule has 3 rings (SSSR count). The first kappa shape index (κ1) is 17.2. The fraction of sp³-hybridized carbons (Fsp3) is 0.211. The van der Waals surface area contributed by atoms with Crippen molar-refractivity contribution in [1.82, 2.24) is 9.88 Å². The highest BCUT2D eigenvalue weighted by Crippen LogP contribution is 2.35. The van der Waals surface area contributed by atoms with Crippen LogP contribution in [0.2, 0.25) is 0 Å². The van der Waals surface area contributed by atoms with E-state index >= 15 is 0 Å². The van der Waals surface area contributed by atoms with E-state index < -0.39 is 0 Å². The number of hydrogen-bond acceptors (Lipinski definition) is 2. The molecule has 2 aromatic heterocycles. The first-order valence-corrected chi connectivity index (χ1v) is 8.83. The lowest BCUT2D eigenvalue weighted by Crippen LogP contribution is -2.31. The lowest BCUT2D eigenvalue weighted by molar-refractivity contribution is 0.249. The molecule has 3 aromatic rings. The van der Waals surface area contributed by atoms with Crippen LogP contribution in [0, 0.1) is 19.7 Å². The number of nitrogens with one attached hydrogen (secondary N) is 2. The minimum atomic E-state index is -0.333. The van der Waals surface area contributed by atoms with Gasteiger partial charge in [0.05, 0.1) is 6.04 Å². The Bertz CT molecular complexity index is 869. The van der Waals surface area contributed by atoms with Gasteiger partial charge in [0.15, 0.2) is 0 Å². The molecule has 2 N–H and O–H groups in total. The monoisotopic (exact) mass is 357 g/mol. The van der Waals surface area contributed by atoms with Crippen LogP contribution in [0.3, 0.4) is 0 Å². The molecule has 0 saturated heterocycles. The van der Waals surface area contributed by atoms with Gasteiger partial charge in [-0.3, -0.25) is 0 Å². The maximum Gasteiger partial charge on any atom is 0.319 e. The Morgan fingerprint density at radius 3 is 2.44 bits per heavy atom. The van der Waals surface area contributed by atoms with Crippen molar-refractivity contribution < 1.29 is 9.18 Å². The summed E-state index contributed by atoms with van der Waals surface area (Å²) in [5.74, 6) is -0.333. The van der Waals surface area contributed by atoms with Crippen LogP contribution in [0.5, 0.6) is 0 Å². The summed E-state index contributed by atoms with van der Waals surface area (Å²) >= 11 is 1.71. The Morgan fingerprint density at radius 2 is 1.80 bits per heavy atom. The van der Waals surface area contributed by atoms with E-state index in [9.17, 15) is 9.18 Å². The predicted molar refractivity (Wildman–Crippen MR) is 100 cm³/mol. The molecule has 1 atom stereocenters. The maximum absolute atomic E-state index is 13.0. The van der Waals surface area contributed by atoms with Gasteiger partial charge in [0.25, 0.3) is 0 Å². The number of halogens is 1. The van der Waals surface area contributed by atoms with Crippen molar-refractivity contribution in [2.45, 2.75) is 26.8 Å². The Hall–Kier alpha value is -2.60. The smallest absolute Gasteiger partial charge is 0.319 e. The number of hydrogen-bond donors (Lipinski definition) is 2.